The summed E-state index contributed by atoms with van der Waals surface area (Å²) in [6.45, 7) is 16.1. The first-order chi connectivity index (χ1) is 25.7. The summed E-state index contributed by atoms with van der Waals surface area (Å²) in [6.07, 6.45) is -1.93. The minimum Gasteiger partial charge on any atom is -0.455 e. The summed E-state index contributed by atoms with van der Waals surface area (Å²) in [6, 6.07) is 2.47. The number of rotatable bonds is 11. The van der Waals surface area contributed by atoms with Crippen LogP contribution < -0.4 is 5.32 Å². The number of methoxy groups -OCH3 is 1. The Morgan fingerprint density at radius 1 is 1.11 bits per heavy atom. The Balaban J connectivity index is 1.76. The molecule has 310 valence electrons. The highest BCUT2D eigenvalue weighted by Gasteiger charge is 2.61. The van der Waals surface area contributed by atoms with E-state index in [-0.39, 0.29) is 31.3 Å². The molecule has 0 radical (unpaired) electrons. The van der Waals surface area contributed by atoms with E-state index in [2.05, 4.69) is 10.3 Å². The van der Waals surface area contributed by atoms with Crippen LogP contribution in [0.25, 0.3) is 0 Å². The van der Waals surface area contributed by atoms with Gasteiger partial charge in [-0.05, 0) is 72.2 Å². The molecule has 0 aromatic carbocycles. The molecule has 2 N–H and O–H groups in total. The number of Topliss-reactive ketones (excluding diaryl/α,β-unsaturated/α-hetero) is 2. The molecule has 15 heteroatoms. The van der Waals surface area contributed by atoms with E-state index in [0.717, 1.165) is 12.5 Å². The summed E-state index contributed by atoms with van der Waals surface area (Å²) in [5, 5.41) is 14.6. The second kappa shape index (κ2) is 18.0. The van der Waals surface area contributed by atoms with Gasteiger partial charge in [0.2, 0.25) is 0 Å². The molecule has 55 heavy (non-hydrogen) atoms. The number of halogens is 1. The Hall–Kier alpha value is -3.08. The highest BCUT2D eigenvalue weighted by Crippen LogP contribution is 2.43. The predicted octanol–water partition coefficient (Wildman–Crippen LogP) is 3.86. The number of likely N-dealkylation sites (N-methyl/N-ethyl adjacent to an activating group) is 2. The zero-order valence-electron chi connectivity index (χ0n) is 34.4. The number of hydrogen-bond acceptors (Lipinski definition) is 13. The number of esters is 1. The lowest BCUT2D eigenvalue weighted by Gasteiger charge is -2.46. The van der Waals surface area contributed by atoms with Crippen LogP contribution >= 0.6 is 0 Å². The van der Waals surface area contributed by atoms with Crippen molar-refractivity contribution in [3.05, 3.63) is 30.1 Å². The van der Waals surface area contributed by atoms with Crippen molar-refractivity contribution in [3.8, 4) is 0 Å². The minimum absolute atomic E-state index is 0.000701. The number of aromatic nitrogens is 1. The Kier molecular flexibility index (Phi) is 14.6. The third kappa shape index (κ3) is 9.39. The highest BCUT2D eigenvalue weighted by atomic mass is 19.1. The molecular formula is C40H63FN4O10. The first kappa shape index (κ1) is 44.6. The van der Waals surface area contributed by atoms with Crippen LogP contribution in [-0.2, 0) is 44.6 Å². The quantitative estimate of drug-likeness (QED) is 0.246. The third-order valence-electron chi connectivity index (χ3n) is 11.9. The van der Waals surface area contributed by atoms with E-state index < -0.39 is 89.2 Å². The number of aliphatic hydroxyl groups is 1. The lowest BCUT2D eigenvalue weighted by Crippen LogP contribution is -2.62. The molecule has 1 amide bonds. The number of nitrogens with one attached hydrogen (secondary N) is 1. The number of hydrogen-bond donors (Lipinski definition) is 2. The zero-order valence-corrected chi connectivity index (χ0v) is 34.4. The molecule has 14 nitrogen and oxygen atoms in total. The molecule has 4 rings (SSSR count). The van der Waals surface area contributed by atoms with E-state index in [9.17, 15) is 24.3 Å². The van der Waals surface area contributed by atoms with E-state index >= 15 is 4.39 Å². The van der Waals surface area contributed by atoms with Crippen molar-refractivity contribution in [3.63, 3.8) is 0 Å². The fraction of sp³-hybridized carbons (Fsp3) is 0.775. The topological polar surface area (TPSA) is 166 Å². The fourth-order valence-corrected chi connectivity index (χ4v) is 8.85. The van der Waals surface area contributed by atoms with Crippen LogP contribution in [0.4, 0.5) is 9.18 Å². The molecule has 3 aliphatic rings. The number of cyclic esters (lactones) is 1. The Labute approximate surface area is 325 Å². The number of alkyl halides is 1. The normalized spacial score (nSPS) is 39.4. The van der Waals surface area contributed by atoms with Crippen LogP contribution in [0.1, 0.15) is 87.1 Å². The molecule has 0 spiro atoms. The molecule has 4 heterocycles. The van der Waals surface area contributed by atoms with Gasteiger partial charge in [-0.1, -0.05) is 40.7 Å². The van der Waals surface area contributed by atoms with Crippen molar-refractivity contribution in [1.29, 1.82) is 0 Å². The average Bonchev–Trinajstić information content (AvgIpc) is 3.41. The molecular weight excluding hydrogens is 715 g/mol. The van der Waals surface area contributed by atoms with E-state index in [1.807, 2.05) is 37.9 Å². The van der Waals surface area contributed by atoms with Gasteiger partial charge in [0, 0.05) is 62.9 Å². The number of nitrogens with zero attached hydrogens (tertiary/aromatic N) is 3. The van der Waals surface area contributed by atoms with E-state index in [1.165, 1.54) is 18.9 Å². The van der Waals surface area contributed by atoms with Crippen LogP contribution in [0.3, 0.4) is 0 Å². The predicted molar refractivity (Wildman–Crippen MR) is 200 cm³/mol. The van der Waals surface area contributed by atoms with E-state index in [4.69, 9.17) is 23.7 Å². The summed E-state index contributed by atoms with van der Waals surface area (Å²) in [7, 11) is 3.30. The van der Waals surface area contributed by atoms with Gasteiger partial charge in [0.25, 0.3) is 5.67 Å². The molecule has 0 bridgehead atoms. The van der Waals surface area contributed by atoms with Gasteiger partial charge in [-0.3, -0.25) is 19.5 Å². The molecule has 0 aliphatic carbocycles. The standard InChI is InChI=1S/C40H63FN4O10/c1-12-29-40(9)32(45(37(50)55-40)18-17-44(10)22-27-15-14-16-42-21-27)25(5)30(46)23(3)20-38(7,51-11)34(26(6)33(48)39(8,41)36(49)53-29)54-35-31(47)28(43-13-2)19-24(4)52-35/h14-16,21,23-26,28-29,31-32,34-35,43,47H,12-13,17-20,22H2,1-11H3/t23-,24-,25+,26-,28+,29-,31+,32+,34-,35+,38-,39+,40-/m1/s1. The van der Waals surface area contributed by atoms with Crippen LogP contribution in [0, 0.1) is 17.8 Å². The van der Waals surface area contributed by atoms with Gasteiger partial charge in [0.15, 0.2) is 17.7 Å². The van der Waals surface area contributed by atoms with Crippen molar-refractivity contribution in [1.82, 2.24) is 20.1 Å². The molecule has 0 unspecified atom stereocenters. The number of pyridine rings is 1. The lowest BCUT2D eigenvalue weighted by atomic mass is 9.73. The summed E-state index contributed by atoms with van der Waals surface area (Å²) < 4.78 is 47.3. The second-order valence-corrected chi connectivity index (χ2v) is 16.3. The van der Waals surface area contributed by atoms with Gasteiger partial charge >= 0.3 is 12.1 Å². The number of aliphatic hydroxyl groups excluding tert-OH is 1. The SMILES string of the molecule is CCN[C@H]1C[C@@H](C)O[C@@H](O[C@@H]2[C@H](C)C(=O)[C@](C)(F)C(=O)O[C@H](CC)[C@@]3(C)OC(=O)N(CCN(C)Cc4cccnc4)[C@H]3[C@@H](C)C(=O)[C@H](C)C[C@@]2(C)OC)[C@H]1O. The number of carbonyl (C=O) groups is 4. The highest BCUT2D eigenvalue weighted by molar-refractivity contribution is 6.08. The Morgan fingerprint density at radius 2 is 1.80 bits per heavy atom. The maximum Gasteiger partial charge on any atom is 0.410 e. The van der Waals surface area contributed by atoms with Crippen molar-refractivity contribution in [2.45, 2.75) is 148 Å². The summed E-state index contributed by atoms with van der Waals surface area (Å²) in [4.78, 5) is 64.1. The van der Waals surface area contributed by atoms with Crippen LogP contribution in [0.2, 0.25) is 0 Å². The summed E-state index contributed by atoms with van der Waals surface area (Å²) >= 11 is 0. The van der Waals surface area contributed by atoms with Gasteiger partial charge in [-0.15, -0.1) is 0 Å². The Morgan fingerprint density at radius 3 is 2.40 bits per heavy atom. The number of ketones is 2. The largest absolute Gasteiger partial charge is 0.455 e. The third-order valence-corrected chi connectivity index (χ3v) is 11.9. The first-order valence-electron chi connectivity index (χ1n) is 19.6. The minimum atomic E-state index is -3.17. The number of fused-ring (bicyclic) bond motifs is 1. The first-order valence-corrected chi connectivity index (χ1v) is 19.6. The molecule has 3 fully saturated rings. The number of ether oxygens (including phenoxy) is 5. The molecule has 1 aromatic rings. The Bertz CT molecular complexity index is 1500. The average molecular weight is 779 g/mol. The smallest absolute Gasteiger partial charge is 0.410 e. The van der Waals surface area contributed by atoms with Crippen molar-refractivity contribution < 1.29 is 52.4 Å². The van der Waals surface area contributed by atoms with Gasteiger partial charge < -0.3 is 39.0 Å². The van der Waals surface area contributed by atoms with Crippen molar-refractivity contribution in [2.24, 2.45) is 17.8 Å². The maximum atomic E-state index is 16.8. The number of carbonyl (C=O) groups excluding carboxylic acids is 4. The molecule has 3 saturated heterocycles. The van der Waals surface area contributed by atoms with Gasteiger partial charge in [-0.2, -0.15) is 0 Å². The van der Waals surface area contributed by atoms with Crippen LogP contribution in [0.5, 0.6) is 0 Å². The van der Waals surface area contributed by atoms with Crippen LogP contribution in [-0.4, -0.2) is 137 Å². The monoisotopic (exact) mass is 778 g/mol. The van der Waals surface area contributed by atoms with E-state index in [0.29, 0.717) is 26.1 Å². The molecule has 1 aromatic heterocycles. The van der Waals surface area contributed by atoms with Gasteiger partial charge in [0.05, 0.1) is 23.9 Å². The van der Waals surface area contributed by atoms with Crippen LogP contribution in [0.15, 0.2) is 24.5 Å². The molecule has 3 aliphatic heterocycles. The fourth-order valence-electron chi connectivity index (χ4n) is 8.85. The molecule has 13 atom stereocenters. The van der Waals surface area contributed by atoms with Gasteiger partial charge in [0.1, 0.15) is 18.0 Å². The summed E-state index contributed by atoms with van der Waals surface area (Å²) in [5.41, 5.74) is -5.23. The van der Waals surface area contributed by atoms with Gasteiger partial charge in [-0.25, -0.2) is 14.0 Å². The molecule has 0 saturated carbocycles. The lowest BCUT2D eigenvalue weighted by molar-refractivity contribution is -0.290. The number of amides is 1. The maximum absolute atomic E-state index is 16.8. The van der Waals surface area contributed by atoms with Crippen molar-refractivity contribution >= 4 is 23.6 Å². The zero-order chi connectivity index (χ0) is 41.0. The summed E-state index contributed by atoms with van der Waals surface area (Å²) in [5.74, 6) is -5.78. The van der Waals surface area contributed by atoms with E-state index in [1.54, 1.807) is 47.0 Å². The van der Waals surface area contributed by atoms with Crippen molar-refractivity contribution in [2.75, 3.05) is 33.8 Å². The second-order valence-electron chi connectivity index (χ2n) is 16.3.